The molecule has 0 saturated carbocycles. The quantitative estimate of drug-likeness (QED) is 0.720. The highest BCUT2D eigenvalue weighted by Gasteiger charge is 2.14. The number of anilines is 2. The van der Waals surface area contributed by atoms with Gasteiger partial charge < -0.3 is 5.73 Å². The summed E-state index contributed by atoms with van der Waals surface area (Å²) in [6.07, 6.45) is 5.07. The third-order valence-electron chi connectivity index (χ3n) is 3.11. The van der Waals surface area contributed by atoms with Gasteiger partial charge in [0.1, 0.15) is 0 Å². The molecule has 0 bridgehead atoms. The number of aromatic nitrogens is 3. The van der Waals surface area contributed by atoms with E-state index in [-0.39, 0.29) is 11.5 Å². The highest BCUT2D eigenvalue weighted by Crippen LogP contribution is 2.29. The van der Waals surface area contributed by atoms with Crippen LogP contribution in [0.25, 0.3) is 0 Å². The molecule has 1 amide bonds. The molecule has 0 unspecified atom stereocenters. The predicted molar refractivity (Wildman–Crippen MR) is 95.8 cm³/mol. The second-order valence-electron chi connectivity index (χ2n) is 4.77. The number of nitrogens with zero attached hydrogens (tertiary/aromatic N) is 3. The van der Waals surface area contributed by atoms with E-state index in [0.29, 0.717) is 21.6 Å². The zero-order valence-electron chi connectivity index (χ0n) is 12.2. The first kappa shape index (κ1) is 16.6. The summed E-state index contributed by atoms with van der Waals surface area (Å²) in [4.78, 5) is 25.0. The van der Waals surface area contributed by atoms with Crippen LogP contribution in [0, 0.1) is 0 Å². The molecule has 3 rings (SSSR count). The van der Waals surface area contributed by atoms with Gasteiger partial charge in [0, 0.05) is 29.9 Å². The minimum atomic E-state index is -0.456. The largest absolute Gasteiger partial charge is 0.382 e. The summed E-state index contributed by atoms with van der Waals surface area (Å²) in [7, 11) is 0. The van der Waals surface area contributed by atoms with Crippen LogP contribution in [0.4, 0.5) is 10.9 Å². The third kappa shape index (κ3) is 3.64. The average molecular weight is 380 g/mol. The summed E-state index contributed by atoms with van der Waals surface area (Å²) in [5, 5.41) is 4.12. The topological polar surface area (TPSA) is 93.8 Å². The van der Waals surface area contributed by atoms with Gasteiger partial charge in [-0.1, -0.05) is 35.3 Å². The average Bonchev–Trinajstić information content (AvgIpc) is 2.99. The van der Waals surface area contributed by atoms with Crippen LogP contribution < -0.4 is 11.1 Å². The van der Waals surface area contributed by atoms with Gasteiger partial charge in [0.15, 0.2) is 16.6 Å². The Balaban J connectivity index is 1.73. The first-order chi connectivity index (χ1) is 11.5. The molecule has 9 heteroatoms. The summed E-state index contributed by atoms with van der Waals surface area (Å²) in [6, 6.07) is 5.47. The van der Waals surface area contributed by atoms with Crippen LogP contribution >= 0.6 is 34.5 Å². The van der Waals surface area contributed by atoms with Gasteiger partial charge in [-0.05, 0) is 11.6 Å². The molecule has 0 spiro atoms. The Morgan fingerprint density at radius 2 is 2.00 bits per heavy atom. The molecule has 122 valence electrons. The minimum Gasteiger partial charge on any atom is -0.382 e. The van der Waals surface area contributed by atoms with Crippen molar-refractivity contribution >= 4 is 51.4 Å². The molecule has 0 radical (unpaired) electrons. The van der Waals surface area contributed by atoms with Gasteiger partial charge in [0.25, 0.3) is 5.91 Å². The summed E-state index contributed by atoms with van der Waals surface area (Å²) in [6.45, 7) is 0. The fourth-order valence-corrected chi connectivity index (χ4v) is 3.22. The van der Waals surface area contributed by atoms with E-state index in [4.69, 9.17) is 28.9 Å². The normalized spacial score (nSPS) is 10.6. The number of amides is 1. The van der Waals surface area contributed by atoms with Crippen LogP contribution in [0.1, 0.15) is 20.9 Å². The lowest BCUT2D eigenvalue weighted by molar-refractivity contribution is 0.102. The first-order valence-electron chi connectivity index (χ1n) is 6.80. The Kier molecular flexibility index (Phi) is 4.94. The van der Waals surface area contributed by atoms with Gasteiger partial charge in [0.2, 0.25) is 0 Å². The number of carbonyl (C=O) groups excluding carboxylic acids is 1. The lowest BCUT2D eigenvalue weighted by atomic mass is 10.1. The standard InChI is InChI=1S/C15H11Cl2N5OS/c16-10-3-1-2-8(11(10)17)6-9-7-21-15(24-9)22-14(23)12-13(18)20-5-4-19-12/h1-5,7H,6H2,(H2,18,20)(H,21,22,23). The van der Waals surface area contributed by atoms with Gasteiger partial charge in [-0.3, -0.25) is 10.1 Å². The van der Waals surface area contributed by atoms with Gasteiger partial charge in [-0.2, -0.15) is 0 Å². The highest BCUT2D eigenvalue weighted by molar-refractivity contribution is 7.15. The lowest BCUT2D eigenvalue weighted by Crippen LogP contribution is -2.16. The van der Waals surface area contributed by atoms with Crippen molar-refractivity contribution < 1.29 is 4.79 Å². The van der Waals surface area contributed by atoms with Gasteiger partial charge in [-0.25, -0.2) is 15.0 Å². The number of nitrogens with one attached hydrogen (secondary N) is 1. The Bertz CT molecular complexity index is 899. The van der Waals surface area contributed by atoms with Crippen molar-refractivity contribution in [2.24, 2.45) is 0 Å². The summed E-state index contributed by atoms with van der Waals surface area (Å²) >= 11 is 13.5. The maximum absolute atomic E-state index is 12.1. The van der Waals surface area contributed by atoms with E-state index < -0.39 is 5.91 Å². The summed E-state index contributed by atoms with van der Waals surface area (Å²) in [5.74, 6) is -0.389. The fourth-order valence-electron chi connectivity index (χ4n) is 2.00. The molecule has 24 heavy (non-hydrogen) atoms. The van der Waals surface area contributed by atoms with E-state index in [2.05, 4.69) is 20.3 Å². The second-order valence-corrected chi connectivity index (χ2v) is 6.67. The number of nitrogen functional groups attached to an aromatic ring is 1. The first-order valence-corrected chi connectivity index (χ1v) is 8.37. The molecule has 0 aliphatic carbocycles. The van der Waals surface area contributed by atoms with E-state index >= 15 is 0 Å². The third-order valence-corrected chi connectivity index (χ3v) is 4.88. The molecule has 0 aliphatic rings. The zero-order valence-corrected chi connectivity index (χ0v) is 14.5. The van der Waals surface area contributed by atoms with Crippen molar-refractivity contribution in [2.45, 2.75) is 6.42 Å². The maximum Gasteiger partial charge on any atom is 0.279 e. The Morgan fingerprint density at radius 3 is 2.79 bits per heavy atom. The van der Waals surface area contributed by atoms with Crippen molar-refractivity contribution in [2.75, 3.05) is 11.1 Å². The van der Waals surface area contributed by atoms with Crippen molar-refractivity contribution in [1.82, 2.24) is 15.0 Å². The molecule has 3 N–H and O–H groups in total. The highest BCUT2D eigenvalue weighted by atomic mass is 35.5. The number of hydrogen-bond donors (Lipinski definition) is 2. The van der Waals surface area contributed by atoms with Crippen LogP contribution in [-0.4, -0.2) is 20.9 Å². The zero-order chi connectivity index (χ0) is 17.1. The number of thiazole rings is 1. The molecule has 0 saturated heterocycles. The molecule has 2 heterocycles. The molecule has 1 aromatic carbocycles. The van der Waals surface area contributed by atoms with Crippen LogP contribution in [-0.2, 0) is 6.42 Å². The van der Waals surface area contributed by atoms with E-state index in [1.807, 2.05) is 12.1 Å². The molecule has 0 aliphatic heterocycles. The van der Waals surface area contributed by atoms with Crippen molar-refractivity contribution in [3.63, 3.8) is 0 Å². The molecular weight excluding hydrogens is 369 g/mol. The molecule has 3 aromatic rings. The van der Waals surface area contributed by atoms with Crippen LogP contribution in [0.5, 0.6) is 0 Å². The van der Waals surface area contributed by atoms with Crippen LogP contribution in [0.3, 0.4) is 0 Å². The van der Waals surface area contributed by atoms with E-state index in [1.54, 1.807) is 12.3 Å². The number of hydrogen-bond acceptors (Lipinski definition) is 6. The van der Waals surface area contributed by atoms with E-state index in [0.717, 1.165) is 10.4 Å². The van der Waals surface area contributed by atoms with Crippen molar-refractivity contribution in [1.29, 1.82) is 0 Å². The van der Waals surface area contributed by atoms with Crippen molar-refractivity contribution in [3.05, 3.63) is 63.0 Å². The van der Waals surface area contributed by atoms with Crippen molar-refractivity contribution in [3.8, 4) is 0 Å². The Hall–Kier alpha value is -2.22. The Labute approximate surface area is 151 Å². The SMILES string of the molecule is Nc1nccnc1C(=O)Nc1ncc(Cc2cccc(Cl)c2Cl)s1. The minimum absolute atomic E-state index is 0.0622. The predicted octanol–water partition coefficient (Wildman–Crippen LogP) is 3.67. The van der Waals surface area contributed by atoms with Gasteiger partial charge in [0.05, 0.1) is 10.0 Å². The van der Waals surface area contributed by atoms with Crippen LogP contribution in [0.2, 0.25) is 10.0 Å². The van der Waals surface area contributed by atoms with E-state index in [1.165, 1.54) is 23.7 Å². The smallest absolute Gasteiger partial charge is 0.279 e. The second kappa shape index (κ2) is 7.12. The molecule has 0 fully saturated rings. The molecular formula is C15H11Cl2N5OS. The molecule has 6 nitrogen and oxygen atoms in total. The number of benzene rings is 1. The lowest BCUT2D eigenvalue weighted by Gasteiger charge is -2.03. The Morgan fingerprint density at radius 1 is 1.21 bits per heavy atom. The van der Waals surface area contributed by atoms with Gasteiger partial charge >= 0.3 is 0 Å². The fraction of sp³-hybridized carbons (Fsp3) is 0.0667. The van der Waals surface area contributed by atoms with Crippen LogP contribution in [0.15, 0.2) is 36.8 Å². The number of nitrogens with two attached hydrogens (primary N) is 1. The number of rotatable bonds is 4. The summed E-state index contributed by atoms with van der Waals surface area (Å²) in [5.41, 5.74) is 6.59. The number of halogens is 2. The molecule has 2 aromatic heterocycles. The van der Waals surface area contributed by atoms with E-state index in [9.17, 15) is 4.79 Å². The monoisotopic (exact) mass is 379 g/mol. The summed E-state index contributed by atoms with van der Waals surface area (Å²) < 4.78 is 0. The number of carbonyl (C=O) groups is 1. The van der Waals surface area contributed by atoms with Gasteiger partial charge in [-0.15, -0.1) is 11.3 Å². The molecule has 0 atom stereocenters. The maximum atomic E-state index is 12.1.